The van der Waals surface area contributed by atoms with Crippen LogP contribution in [0, 0.1) is 12.8 Å². The molecule has 0 N–H and O–H groups in total. The molecule has 0 saturated heterocycles. The number of thiol groups is 1. The normalized spacial score (nSPS) is 16.4. The van der Waals surface area contributed by atoms with Crippen molar-refractivity contribution in [1.82, 2.24) is 0 Å². The summed E-state index contributed by atoms with van der Waals surface area (Å²) in [5, 5.41) is 2.33. The summed E-state index contributed by atoms with van der Waals surface area (Å²) in [6, 6.07) is 24.0. The Labute approximate surface area is 203 Å². The van der Waals surface area contributed by atoms with Crippen molar-refractivity contribution in [3.8, 4) is 0 Å². The third kappa shape index (κ3) is 5.51. The number of rotatable bonds is 6. The second-order valence-corrected chi connectivity index (χ2v) is 9.50. The first-order valence-corrected chi connectivity index (χ1v) is 12.2. The van der Waals surface area contributed by atoms with Crippen LogP contribution in [-0.4, -0.2) is 6.54 Å². The second-order valence-electron chi connectivity index (χ2n) is 8.99. The molecular weight excluding hydrogens is 418 g/mol. The summed E-state index contributed by atoms with van der Waals surface area (Å²) in [6.45, 7) is 12.6. The van der Waals surface area contributed by atoms with E-state index in [0.717, 1.165) is 29.6 Å². The summed E-state index contributed by atoms with van der Waals surface area (Å²) < 4.78 is 0. The first-order valence-electron chi connectivity index (χ1n) is 11.8. The highest BCUT2D eigenvalue weighted by Gasteiger charge is 2.13. The highest BCUT2D eigenvalue weighted by molar-refractivity contribution is 7.80. The Bertz CT molecular complexity index is 1300. The summed E-state index contributed by atoms with van der Waals surface area (Å²) in [4.78, 5) is 3.40. The fraction of sp³-hybridized carbons (Fsp3) is 0.226. The predicted octanol–water partition coefficient (Wildman–Crippen LogP) is 6.44. The minimum absolute atomic E-state index is 0.592. The molecule has 1 unspecified atom stereocenters. The Balaban J connectivity index is 1.73. The minimum atomic E-state index is 0.592. The number of nitrogens with zero attached hydrogens (tertiary/aromatic N) is 1. The van der Waals surface area contributed by atoms with Gasteiger partial charge in [0.1, 0.15) is 0 Å². The molecule has 0 amide bonds. The molecule has 1 atom stereocenters. The predicted molar refractivity (Wildman–Crippen MR) is 146 cm³/mol. The third-order valence-electron chi connectivity index (χ3n) is 6.35. The molecule has 0 fully saturated rings. The maximum absolute atomic E-state index is 4.50. The molecular formula is C31H33NS. The zero-order valence-electron chi connectivity index (χ0n) is 19.9. The zero-order valence-corrected chi connectivity index (χ0v) is 20.8. The van der Waals surface area contributed by atoms with Crippen molar-refractivity contribution < 1.29 is 0 Å². The molecule has 1 aliphatic carbocycles. The topological polar surface area (TPSA) is 3.24 Å². The molecule has 1 nitrogen and oxygen atoms in total. The molecule has 3 aromatic carbocycles. The van der Waals surface area contributed by atoms with Gasteiger partial charge in [-0.1, -0.05) is 74.2 Å². The van der Waals surface area contributed by atoms with Crippen molar-refractivity contribution in [2.45, 2.75) is 38.6 Å². The Kier molecular flexibility index (Phi) is 7.25. The van der Waals surface area contributed by atoms with E-state index in [4.69, 9.17) is 0 Å². The van der Waals surface area contributed by atoms with Crippen LogP contribution in [-0.2, 0) is 6.54 Å². The lowest BCUT2D eigenvalue weighted by Gasteiger charge is -2.24. The van der Waals surface area contributed by atoms with Gasteiger partial charge in [-0.15, -0.1) is 12.6 Å². The molecule has 1 aliphatic rings. The number of hydrogen-bond acceptors (Lipinski definition) is 2. The zero-order chi connectivity index (χ0) is 23.4. The van der Waals surface area contributed by atoms with Gasteiger partial charge in [-0.3, -0.25) is 0 Å². The molecule has 0 saturated carbocycles. The van der Waals surface area contributed by atoms with Crippen LogP contribution >= 0.6 is 12.6 Å². The van der Waals surface area contributed by atoms with Gasteiger partial charge in [0.05, 0.1) is 0 Å². The molecule has 0 radical (unpaired) electrons. The molecule has 0 bridgehead atoms. The molecule has 0 aromatic heterocycles. The molecule has 4 rings (SSSR count). The van der Waals surface area contributed by atoms with Gasteiger partial charge in [0.2, 0.25) is 0 Å². The highest BCUT2D eigenvalue weighted by atomic mass is 32.1. The SMILES string of the molecule is C=c1cc/c(=C(/C2=CCC(C)C=C2)c2ccc(N(CC)Cc3cccc(S)c3)cc2)c(C)c1. The molecule has 3 aromatic rings. The first-order chi connectivity index (χ1) is 15.9. The van der Waals surface area contributed by atoms with Gasteiger partial charge >= 0.3 is 0 Å². The van der Waals surface area contributed by atoms with Gasteiger partial charge in [-0.25, -0.2) is 0 Å². The van der Waals surface area contributed by atoms with Gasteiger partial charge in [-0.05, 0) is 88.7 Å². The third-order valence-corrected chi connectivity index (χ3v) is 6.63. The van der Waals surface area contributed by atoms with E-state index in [9.17, 15) is 0 Å². The van der Waals surface area contributed by atoms with Crippen molar-refractivity contribution in [1.29, 1.82) is 0 Å². The smallest absolute Gasteiger partial charge is 0.0429 e. The first kappa shape index (κ1) is 23.2. The van der Waals surface area contributed by atoms with Crippen molar-refractivity contribution in [3.05, 3.63) is 118 Å². The van der Waals surface area contributed by atoms with Crippen LogP contribution in [0.5, 0.6) is 0 Å². The lowest BCUT2D eigenvalue weighted by molar-refractivity contribution is 0.733. The molecule has 0 spiro atoms. The van der Waals surface area contributed by atoms with Crippen LogP contribution in [0.25, 0.3) is 12.2 Å². The van der Waals surface area contributed by atoms with Gasteiger partial charge < -0.3 is 4.90 Å². The Morgan fingerprint density at radius 1 is 1.06 bits per heavy atom. The lowest BCUT2D eigenvalue weighted by Crippen LogP contribution is -2.22. The van der Waals surface area contributed by atoms with E-state index in [1.54, 1.807) is 0 Å². The van der Waals surface area contributed by atoms with Gasteiger partial charge in [0.25, 0.3) is 0 Å². The van der Waals surface area contributed by atoms with Crippen LogP contribution in [0.1, 0.15) is 37.0 Å². The summed E-state index contributed by atoms with van der Waals surface area (Å²) in [5.41, 5.74) is 7.62. The number of allylic oxidation sites excluding steroid dienone is 4. The van der Waals surface area contributed by atoms with Crippen molar-refractivity contribution in [2.24, 2.45) is 5.92 Å². The Hall–Kier alpha value is -2.97. The number of benzene rings is 3. The largest absolute Gasteiger partial charge is 0.367 e. The maximum Gasteiger partial charge on any atom is 0.0429 e. The fourth-order valence-electron chi connectivity index (χ4n) is 4.50. The molecule has 0 aliphatic heterocycles. The van der Waals surface area contributed by atoms with Crippen molar-refractivity contribution in [2.75, 3.05) is 11.4 Å². The summed E-state index contributed by atoms with van der Waals surface area (Å²) >= 11 is 4.50. The average Bonchev–Trinajstić information content (AvgIpc) is 2.81. The average molecular weight is 452 g/mol. The van der Waals surface area contributed by atoms with E-state index in [1.807, 2.05) is 6.07 Å². The highest BCUT2D eigenvalue weighted by Crippen LogP contribution is 2.29. The van der Waals surface area contributed by atoms with E-state index in [1.165, 1.54) is 38.7 Å². The Morgan fingerprint density at radius 2 is 1.85 bits per heavy atom. The monoisotopic (exact) mass is 451 g/mol. The lowest BCUT2D eigenvalue weighted by atomic mass is 9.88. The summed E-state index contributed by atoms with van der Waals surface area (Å²) in [5.74, 6) is 0.592. The van der Waals surface area contributed by atoms with Gasteiger partial charge in [-0.2, -0.15) is 0 Å². The number of hydrogen-bond donors (Lipinski definition) is 1. The van der Waals surface area contributed by atoms with Crippen molar-refractivity contribution in [3.63, 3.8) is 0 Å². The molecule has 168 valence electrons. The van der Waals surface area contributed by atoms with Gasteiger partial charge in [0.15, 0.2) is 0 Å². The van der Waals surface area contributed by atoms with E-state index in [2.05, 4.69) is 124 Å². The maximum atomic E-state index is 4.50. The minimum Gasteiger partial charge on any atom is -0.367 e. The van der Waals surface area contributed by atoms with Crippen LogP contribution in [0.15, 0.2) is 95.4 Å². The van der Waals surface area contributed by atoms with E-state index < -0.39 is 0 Å². The van der Waals surface area contributed by atoms with Crippen LogP contribution in [0.4, 0.5) is 5.69 Å². The van der Waals surface area contributed by atoms with Crippen LogP contribution < -0.4 is 15.3 Å². The van der Waals surface area contributed by atoms with Crippen LogP contribution in [0.2, 0.25) is 0 Å². The number of anilines is 1. The summed E-state index contributed by atoms with van der Waals surface area (Å²) in [7, 11) is 0. The Morgan fingerprint density at radius 3 is 2.48 bits per heavy atom. The molecule has 0 heterocycles. The second kappa shape index (κ2) is 10.3. The molecule has 33 heavy (non-hydrogen) atoms. The van der Waals surface area contributed by atoms with Crippen molar-refractivity contribution >= 4 is 30.5 Å². The quantitative estimate of drug-likeness (QED) is 0.422. The van der Waals surface area contributed by atoms with Gasteiger partial charge in [0, 0.05) is 23.7 Å². The standard InChI is InChI=1S/C31H33NS/c1-5-32(21-25-7-6-8-29(33)20-25)28-16-14-27(15-17-28)31(26-12-9-22(2)10-13-26)30-18-11-23(3)19-24(30)4/h6-9,11-20,22,33H,3,5,10,21H2,1-2,4H3/b31-30+. The van der Waals surface area contributed by atoms with Crippen LogP contribution in [0.3, 0.4) is 0 Å². The van der Waals surface area contributed by atoms with E-state index in [0.29, 0.717) is 5.92 Å². The van der Waals surface area contributed by atoms with E-state index >= 15 is 0 Å². The number of aryl methyl sites for hydroxylation is 1. The van der Waals surface area contributed by atoms with E-state index in [-0.39, 0.29) is 0 Å². The molecule has 2 heteroatoms. The summed E-state index contributed by atoms with van der Waals surface area (Å²) in [6.07, 6.45) is 8.07. The fourth-order valence-corrected chi connectivity index (χ4v) is 4.75.